The average molecular weight is 347 g/mol. The van der Waals surface area contributed by atoms with Crippen LogP contribution >= 0.6 is 28.1 Å². The molecule has 20 heavy (non-hydrogen) atoms. The zero-order valence-corrected chi connectivity index (χ0v) is 13.5. The van der Waals surface area contributed by atoms with Gasteiger partial charge in [0.25, 0.3) is 0 Å². The van der Waals surface area contributed by atoms with Gasteiger partial charge >= 0.3 is 0 Å². The highest BCUT2D eigenvalue weighted by Gasteiger charge is 2.27. The van der Waals surface area contributed by atoms with Crippen LogP contribution in [0.3, 0.4) is 0 Å². The molecule has 2 aromatic rings. The number of fused-ring (bicyclic) bond motifs is 1. The molecule has 102 valence electrons. The van der Waals surface area contributed by atoms with Crippen molar-refractivity contribution < 1.29 is 0 Å². The molecule has 4 heteroatoms. The third-order valence-electron chi connectivity index (χ3n) is 3.70. The fourth-order valence-corrected chi connectivity index (χ4v) is 3.48. The summed E-state index contributed by atoms with van der Waals surface area (Å²) in [6.45, 7) is 2.24. The molecule has 0 aromatic heterocycles. The van der Waals surface area contributed by atoms with Crippen molar-refractivity contribution in [1.29, 1.82) is 0 Å². The van der Waals surface area contributed by atoms with Crippen LogP contribution in [0, 0.1) is 0 Å². The average Bonchev–Trinajstić information content (AvgIpc) is 2.74. The van der Waals surface area contributed by atoms with Crippen molar-refractivity contribution in [2.45, 2.75) is 19.4 Å². The Balaban J connectivity index is 2.07. The van der Waals surface area contributed by atoms with Crippen molar-refractivity contribution in [2.24, 2.45) is 5.73 Å². The Labute approximate surface area is 132 Å². The first-order valence-corrected chi connectivity index (χ1v) is 7.74. The highest BCUT2D eigenvalue weighted by molar-refractivity contribution is 9.10. The minimum atomic E-state index is 0.423. The number of nitrogens with two attached hydrogens (primary N) is 1. The van der Waals surface area contributed by atoms with Gasteiger partial charge in [0.1, 0.15) is 4.99 Å². The lowest BCUT2D eigenvalue weighted by Gasteiger charge is -2.26. The summed E-state index contributed by atoms with van der Waals surface area (Å²) in [6.07, 6.45) is 1.07. The van der Waals surface area contributed by atoms with Crippen molar-refractivity contribution >= 4 is 44.5 Å². The van der Waals surface area contributed by atoms with Gasteiger partial charge in [-0.3, -0.25) is 0 Å². The summed E-state index contributed by atoms with van der Waals surface area (Å²) < 4.78 is 1.02. The Bertz CT molecular complexity index is 684. The van der Waals surface area contributed by atoms with Crippen molar-refractivity contribution in [3.8, 4) is 0 Å². The molecule has 1 atom stereocenters. The van der Waals surface area contributed by atoms with Crippen LogP contribution in [0.1, 0.15) is 18.1 Å². The molecule has 1 heterocycles. The van der Waals surface area contributed by atoms with E-state index in [1.165, 1.54) is 11.3 Å². The molecular formula is C16H15BrN2S. The predicted octanol–water partition coefficient (Wildman–Crippen LogP) is 4.17. The summed E-state index contributed by atoms with van der Waals surface area (Å²) in [4.78, 5) is 2.79. The van der Waals surface area contributed by atoms with Crippen molar-refractivity contribution in [3.63, 3.8) is 0 Å². The molecule has 0 aliphatic carbocycles. The van der Waals surface area contributed by atoms with E-state index in [1.807, 2.05) is 12.1 Å². The Morgan fingerprint density at radius 1 is 1.25 bits per heavy atom. The van der Waals surface area contributed by atoms with E-state index in [9.17, 15) is 0 Å². The maximum atomic E-state index is 5.69. The van der Waals surface area contributed by atoms with E-state index in [-0.39, 0.29) is 0 Å². The Hall–Kier alpha value is -1.39. The molecule has 0 spiro atoms. The number of halogens is 1. The Morgan fingerprint density at radius 2 is 2.00 bits per heavy atom. The highest BCUT2D eigenvalue weighted by Crippen LogP contribution is 2.41. The van der Waals surface area contributed by atoms with E-state index in [0.717, 1.165) is 22.1 Å². The summed E-state index contributed by atoms with van der Waals surface area (Å²) in [6, 6.07) is 15.1. The largest absolute Gasteiger partial charge is 0.389 e. The SMILES string of the molecule is CC1Cc2ccccc2N1c1ccc(C(N)=S)cc1Br. The van der Waals surface area contributed by atoms with Gasteiger partial charge < -0.3 is 10.6 Å². The molecule has 2 nitrogen and oxygen atoms in total. The molecule has 2 N–H and O–H groups in total. The maximum Gasteiger partial charge on any atom is 0.104 e. The molecule has 0 saturated carbocycles. The van der Waals surface area contributed by atoms with Gasteiger partial charge in [-0.15, -0.1) is 0 Å². The number of para-hydroxylation sites is 1. The van der Waals surface area contributed by atoms with Gasteiger partial charge in [0.15, 0.2) is 0 Å². The predicted molar refractivity (Wildman–Crippen MR) is 91.8 cm³/mol. The van der Waals surface area contributed by atoms with Gasteiger partial charge in [-0.2, -0.15) is 0 Å². The van der Waals surface area contributed by atoms with Gasteiger partial charge in [-0.05, 0) is 59.1 Å². The third kappa shape index (κ3) is 2.23. The first-order valence-electron chi connectivity index (χ1n) is 6.54. The molecule has 2 aromatic carbocycles. The smallest absolute Gasteiger partial charge is 0.104 e. The molecule has 1 aliphatic rings. The summed E-state index contributed by atoms with van der Waals surface area (Å²) >= 11 is 8.68. The number of rotatable bonds is 2. The minimum Gasteiger partial charge on any atom is -0.389 e. The van der Waals surface area contributed by atoms with Crippen LogP contribution in [0.5, 0.6) is 0 Å². The normalized spacial score (nSPS) is 17.1. The third-order valence-corrected chi connectivity index (χ3v) is 4.57. The topological polar surface area (TPSA) is 29.3 Å². The fourth-order valence-electron chi connectivity index (χ4n) is 2.79. The second-order valence-corrected chi connectivity index (χ2v) is 6.38. The van der Waals surface area contributed by atoms with Gasteiger partial charge in [0.2, 0.25) is 0 Å². The molecule has 0 bridgehead atoms. The van der Waals surface area contributed by atoms with Crippen LogP contribution < -0.4 is 10.6 Å². The van der Waals surface area contributed by atoms with Crippen LogP contribution in [0.15, 0.2) is 46.9 Å². The number of nitrogens with zero attached hydrogens (tertiary/aromatic N) is 1. The summed E-state index contributed by atoms with van der Waals surface area (Å²) in [7, 11) is 0. The molecule has 0 fully saturated rings. The summed E-state index contributed by atoms with van der Waals surface area (Å²) in [5.41, 5.74) is 10.4. The number of hydrogen-bond donors (Lipinski definition) is 1. The van der Waals surface area contributed by atoms with E-state index in [0.29, 0.717) is 11.0 Å². The maximum absolute atomic E-state index is 5.69. The van der Waals surface area contributed by atoms with Gasteiger partial charge in [-0.25, -0.2) is 0 Å². The van der Waals surface area contributed by atoms with Crippen LogP contribution in [0.2, 0.25) is 0 Å². The van der Waals surface area contributed by atoms with Crippen molar-refractivity contribution in [3.05, 3.63) is 58.1 Å². The molecule has 1 aliphatic heterocycles. The van der Waals surface area contributed by atoms with Crippen molar-refractivity contribution in [2.75, 3.05) is 4.90 Å². The zero-order chi connectivity index (χ0) is 14.3. The fraction of sp³-hybridized carbons (Fsp3) is 0.188. The van der Waals surface area contributed by atoms with Crippen LogP contribution in [0.4, 0.5) is 11.4 Å². The van der Waals surface area contributed by atoms with Gasteiger partial charge in [0.05, 0.1) is 5.69 Å². The molecular weight excluding hydrogens is 332 g/mol. The van der Waals surface area contributed by atoms with E-state index in [1.54, 1.807) is 0 Å². The number of anilines is 2. The second kappa shape index (κ2) is 5.19. The molecule has 1 unspecified atom stereocenters. The zero-order valence-electron chi connectivity index (χ0n) is 11.1. The van der Waals surface area contributed by atoms with E-state index >= 15 is 0 Å². The van der Waals surface area contributed by atoms with Crippen LogP contribution in [-0.4, -0.2) is 11.0 Å². The number of benzene rings is 2. The molecule has 3 rings (SSSR count). The van der Waals surface area contributed by atoms with Gasteiger partial charge in [-0.1, -0.05) is 30.4 Å². The second-order valence-electron chi connectivity index (χ2n) is 5.08. The molecule has 0 radical (unpaired) electrons. The summed E-state index contributed by atoms with van der Waals surface area (Å²) in [5, 5.41) is 0. The molecule has 0 amide bonds. The molecule has 0 saturated heterocycles. The lowest BCUT2D eigenvalue weighted by Crippen LogP contribution is -2.24. The van der Waals surface area contributed by atoms with E-state index in [2.05, 4.69) is 58.1 Å². The Morgan fingerprint density at radius 3 is 2.70 bits per heavy atom. The van der Waals surface area contributed by atoms with Gasteiger partial charge in [0, 0.05) is 21.8 Å². The minimum absolute atomic E-state index is 0.423. The van der Waals surface area contributed by atoms with E-state index in [4.69, 9.17) is 18.0 Å². The van der Waals surface area contributed by atoms with Crippen LogP contribution in [-0.2, 0) is 6.42 Å². The lowest BCUT2D eigenvalue weighted by atomic mass is 10.1. The van der Waals surface area contributed by atoms with E-state index < -0.39 is 0 Å². The quantitative estimate of drug-likeness (QED) is 0.827. The summed E-state index contributed by atoms with van der Waals surface area (Å²) in [5.74, 6) is 0. The first kappa shape index (κ1) is 13.6. The first-order chi connectivity index (χ1) is 9.58. The number of hydrogen-bond acceptors (Lipinski definition) is 2. The number of thiocarbonyl (C=S) groups is 1. The lowest BCUT2D eigenvalue weighted by molar-refractivity contribution is 0.758. The van der Waals surface area contributed by atoms with Crippen LogP contribution in [0.25, 0.3) is 0 Å². The Kier molecular flexibility index (Phi) is 3.52. The van der Waals surface area contributed by atoms with Crippen molar-refractivity contribution in [1.82, 2.24) is 0 Å². The highest BCUT2D eigenvalue weighted by atomic mass is 79.9. The standard InChI is InChI=1S/C16H15BrN2S/c1-10-8-11-4-2-3-5-14(11)19(10)15-7-6-12(16(18)20)9-13(15)17/h2-7,9-10H,8H2,1H3,(H2,18,20). The monoisotopic (exact) mass is 346 g/mol.